The van der Waals surface area contributed by atoms with Crippen molar-refractivity contribution in [3.63, 3.8) is 0 Å². The van der Waals surface area contributed by atoms with Gasteiger partial charge in [-0.05, 0) is 43.6 Å². The fourth-order valence-corrected chi connectivity index (χ4v) is 4.08. The summed E-state index contributed by atoms with van der Waals surface area (Å²) in [6, 6.07) is 0. The van der Waals surface area contributed by atoms with E-state index >= 15 is 0 Å². The molecule has 0 aromatic carbocycles. The van der Waals surface area contributed by atoms with E-state index in [0.29, 0.717) is 5.92 Å². The molecule has 1 N–H and O–H groups in total. The van der Waals surface area contributed by atoms with Crippen LogP contribution in [0.1, 0.15) is 43.6 Å². The fourth-order valence-electron chi connectivity index (χ4n) is 4.08. The highest BCUT2D eigenvalue weighted by Gasteiger charge is 2.74. The Balaban J connectivity index is 1.47. The zero-order chi connectivity index (χ0) is 13.3. The summed E-state index contributed by atoms with van der Waals surface area (Å²) >= 11 is 0. The summed E-state index contributed by atoms with van der Waals surface area (Å²) in [5.41, 5.74) is 1.07. The van der Waals surface area contributed by atoms with Gasteiger partial charge >= 0.3 is 5.97 Å². The maximum atomic E-state index is 11.7. The van der Waals surface area contributed by atoms with Crippen LogP contribution in [0.15, 0.2) is 12.4 Å². The average Bonchev–Trinajstić information content (AvgIpc) is 2.70. The summed E-state index contributed by atoms with van der Waals surface area (Å²) in [4.78, 5) is 11.7. The molecule has 5 nitrogen and oxygen atoms in total. The van der Waals surface area contributed by atoms with Crippen LogP contribution in [0.4, 0.5) is 0 Å². The van der Waals surface area contributed by atoms with Crippen molar-refractivity contribution in [1.82, 2.24) is 9.78 Å². The Labute approximate surface area is 111 Å². The van der Waals surface area contributed by atoms with Crippen LogP contribution in [0, 0.1) is 5.41 Å². The van der Waals surface area contributed by atoms with E-state index in [1.54, 1.807) is 0 Å². The van der Waals surface area contributed by atoms with E-state index in [0.717, 1.165) is 32.1 Å². The predicted octanol–water partition coefficient (Wildman–Crippen LogP) is 1.17. The number of ether oxygens (including phenoxy) is 1. The molecule has 1 aromatic rings. The fraction of sp³-hybridized carbons (Fsp3) is 0.714. The Morgan fingerprint density at radius 2 is 2.16 bits per heavy atom. The van der Waals surface area contributed by atoms with Crippen LogP contribution >= 0.6 is 0 Å². The van der Waals surface area contributed by atoms with Gasteiger partial charge in [-0.3, -0.25) is 9.48 Å². The Morgan fingerprint density at radius 3 is 2.74 bits per heavy atom. The summed E-state index contributed by atoms with van der Waals surface area (Å²) in [6.07, 6.45) is 8.18. The molecule has 0 aliphatic heterocycles. The van der Waals surface area contributed by atoms with Gasteiger partial charge in [-0.2, -0.15) is 5.10 Å². The first-order valence-electron chi connectivity index (χ1n) is 6.89. The van der Waals surface area contributed by atoms with Gasteiger partial charge < -0.3 is 9.84 Å². The summed E-state index contributed by atoms with van der Waals surface area (Å²) in [6.45, 7) is 0. The van der Waals surface area contributed by atoms with Gasteiger partial charge in [0.2, 0.25) is 0 Å². The van der Waals surface area contributed by atoms with Crippen LogP contribution < -0.4 is 0 Å². The van der Waals surface area contributed by atoms with E-state index < -0.39 is 0 Å². The molecule has 4 aliphatic carbocycles. The van der Waals surface area contributed by atoms with Gasteiger partial charge in [-0.1, -0.05) is 0 Å². The van der Waals surface area contributed by atoms with E-state index in [2.05, 4.69) is 11.3 Å². The maximum Gasteiger partial charge on any atom is 0.312 e. The average molecular weight is 262 g/mol. The van der Waals surface area contributed by atoms with Crippen molar-refractivity contribution < 1.29 is 14.6 Å². The molecule has 0 radical (unpaired) electrons. The highest BCUT2D eigenvalue weighted by Crippen LogP contribution is 2.71. The Bertz CT molecular complexity index is 525. The molecule has 0 saturated heterocycles. The second-order valence-electron chi connectivity index (χ2n) is 6.57. The Kier molecular flexibility index (Phi) is 2.05. The van der Waals surface area contributed by atoms with Crippen LogP contribution in [0.25, 0.3) is 0 Å². The highest BCUT2D eigenvalue weighted by molar-refractivity contribution is 5.81. The molecule has 0 unspecified atom stereocenters. The first-order chi connectivity index (χ1) is 9.07. The second kappa shape index (κ2) is 3.39. The van der Waals surface area contributed by atoms with E-state index in [-0.39, 0.29) is 23.0 Å². The first-order valence-corrected chi connectivity index (χ1v) is 6.89. The number of methoxy groups -OCH3 is 1. The molecule has 4 fully saturated rings. The SMILES string of the molecule is COC(=O)C12CC(n3cc(C4CC(O)C4)cn3)(C1)C2. The van der Waals surface area contributed by atoms with E-state index in [9.17, 15) is 9.90 Å². The number of esters is 1. The molecule has 0 amide bonds. The summed E-state index contributed by atoms with van der Waals surface area (Å²) in [7, 11) is 1.46. The second-order valence-corrected chi connectivity index (χ2v) is 6.57. The lowest BCUT2D eigenvalue weighted by Gasteiger charge is -2.67. The van der Waals surface area contributed by atoms with Crippen LogP contribution in [-0.4, -0.2) is 34.1 Å². The predicted molar refractivity (Wildman–Crippen MR) is 66.5 cm³/mol. The number of rotatable bonds is 3. The largest absolute Gasteiger partial charge is 0.469 e. The maximum absolute atomic E-state index is 11.7. The van der Waals surface area contributed by atoms with Crippen molar-refractivity contribution in [2.75, 3.05) is 7.11 Å². The topological polar surface area (TPSA) is 64.3 Å². The van der Waals surface area contributed by atoms with Gasteiger partial charge in [0.15, 0.2) is 0 Å². The molecule has 5 heteroatoms. The molecule has 2 bridgehead atoms. The van der Waals surface area contributed by atoms with Crippen LogP contribution in [0.2, 0.25) is 0 Å². The number of aliphatic hydroxyl groups excluding tert-OH is 1. The molecular weight excluding hydrogens is 244 g/mol. The zero-order valence-corrected chi connectivity index (χ0v) is 11.0. The number of aliphatic hydroxyl groups is 1. The van der Waals surface area contributed by atoms with Crippen molar-refractivity contribution in [2.24, 2.45) is 5.41 Å². The lowest BCUT2D eigenvalue weighted by molar-refractivity contribution is -0.219. The molecule has 19 heavy (non-hydrogen) atoms. The normalized spacial score (nSPS) is 42.8. The summed E-state index contributed by atoms with van der Waals surface area (Å²) in [5.74, 6) is 0.398. The minimum atomic E-state index is -0.215. The van der Waals surface area contributed by atoms with Crippen molar-refractivity contribution in [1.29, 1.82) is 0 Å². The van der Waals surface area contributed by atoms with Crippen molar-refractivity contribution in [3.8, 4) is 0 Å². The van der Waals surface area contributed by atoms with Gasteiger partial charge in [0.05, 0.1) is 30.4 Å². The van der Waals surface area contributed by atoms with Gasteiger partial charge in [-0.25, -0.2) is 0 Å². The third kappa shape index (κ3) is 1.34. The number of hydrogen-bond acceptors (Lipinski definition) is 4. The van der Waals surface area contributed by atoms with Crippen molar-refractivity contribution >= 4 is 5.97 Å². The standard InChI is InChI=1S/C14H18N2O3/c1-19-12(18)13-6-14(7-13,8-13)16-5-10(4-15-16)9-2-11(17)3-9/h4-5,9,11,17H,2-3,6-8H2,1H3. The number of aromatic nitrogens is 2. The first kappa shape index (κ1) is 11.5. The lowest BCUT2D eigenvalue weighted by Crippen LogP contribution is -2.71. The third-order valence-corrected chi connectivity index (χ3v) is 5.29. The summed E-state index contributed by atoms with van der Waals surface area (Å²) in [5, 5.41) is 13.8. The molecule has 1 aromatic heterocycles. The lowest BCUT2D eigenvalue weighted by atomic mass is 9.39. The highest BCUT2D eigenvalue weighted by atomic mass is 16.5. The van der Waals surface area contributed by atoms with E-state index in [1.807, 2.05) is 10.9 Å². The number of nitrogens with zero attached hydrogens (tertiary/aromatic N) is 2. The molecule has 1 heterocycles. The number of hydrogen-bond donors (Lipinski definition) is 1. The molecule has 102 valence electrons. The monoisotopic (exact) mass is 262 g/mol. The quantitative estimate of drug-likeness (QED) is 0.831. The van der Waals surface area contributed by atoms with Gasteiger partial charge in [0.1, 0.15) is 0 Å². The molecule has 0 atom stereocenters. The van der Waals surface area contributed by atoms with Gasteiger partial charge in [-0.15, -0.1) is 0 Å². The van der Waals surface area contributed by atoms with Crippen molar-refractivity contribution in [3.05, 3.63) is 18.0 Å². The smallest absolute Gasteiger partial charge is 0.312 e. The Hall–Kier alpha value is -1.36. The molecular formula is C14H18N2O3. The minimum absolute atomic E-state index is 0.0643. The van der Waals surface area contributed by atoms with E-state index in [1.165, 1.54) is 12.7 Å². The molecule has 4 aliphatic rings. The van der Waals surface area contributed by atoms with Crippen LogP contribution in [0.5, 0.6) is 0 Å². The Morgan fingerprint density at radius 1 is 1.47 bits per heavy atom. The van der Waals surface area contributed by atoms with E-state index in [4.69, 9.17) is 4.74 Å². The third-order valence-electron chi connectivity index (χ3n) is 5.29. The van der Waals surface area contributed by atoms with Crippen molar-refractivity contribution in [2.45, 2.75) is 49.7 Å². The number of carbonyl (C=O) groups excluding carboxylic acids is 1. The van der Waals surface area contributed by atoms with Crippen LogP contribution in [0.3, 0.4) is 0 Å². The molecule has 5 rings (SSSR count). The minimum Gasteiger partial charge on any atom is -0.469 e. The van der Waals surface area contributed by atoms with Gasteiger partial charge in [0.25, 0.3) is 0 Å². The summed E-state index contributed by atoms with van der Waals surface area (Å²) < 4.78 is 6.90. The molecule has 4 saturated carbocycles. The molecule has 0 spiro atoms. The zero-order valence-electron chi connectivity index (χ0n) is 11.0. The van der Waals surface area contributed by atoms with Gasteiger partial charge in [0, 0.05) is 6.20 Å². The van der Waals surface area contributed by atoms with Crippen LogP contribution in [-0.2, 0) is 15.1 Å². The number of carbonyl (C=O) groups is 1.